The van der Waals surface area contributed by atoms with Crippen LogP contribution in [-0.4, -0.2) is 39.0 Å². The molecule has 1 aromatic heterocycles. The Morgan fingerprint density at radius 1 is 1.67 bits per heavy atom. The van der Waals surface area contributed by atoms with Crippen molar-refractivity contribution in [3.8, 4) is 0 Å². The molecule has 6 nitrogen and oxygen atoms in total. The molecule has 18 heavy (non-hydrogen) atoms. The van der Waals surface area contributed by atoms with Crippen molar-refractivity contribution in [3.05, 3.63) is 18.2 Å². The van der Waals surface area contributed by atoms with E-state index in [1.807, 2.05) is 20.8 Å². The zero-order valence-corrected chi connectivity index (χ0v) is 11.3. The molecule has 0 aromatic carbocycles. The number of aromatic nitrogens is 2. The summed E-state index contributed by atoms with van der Waals surface area (Å²) in [6.07, 6.45) is 3.56. The number of carbonyl (C=O) groups is 1. The van der Waals surface area contributed by atoms with Crippen molar-refractivity contribution in [2.24, 2.45) is 5.73 Å². The second kappa shape index (κ2) is 5.54. The van der Waals surface area contributed by atoms with Gasteiger partial charge in [0.1, 0.15) is 0 Å². The van der Waals surface area contributed by atoms with Crippen molar-refractivity contribution in [1.29, 1.82) is 0 Å². The molecule has 0 radical (unpaired) electrons. The van der Waals surface area contributed by atoms with E-state index in [-0.39, 0.29) is 11.4 Å². The van der Waals surface area contributed by atoms with Crippen molar-refractivity contribution in [2.45, 2.75) is 45.6 Å². The van der Waals surface area contributed by atoms with E-state index >= 15 is 0 Å². The standard InChI is InChI=1S/C11H21BN4O2/c1-11(2,3)15-10(17)9(13)5-8-6-16(7-14-8)12(4)18/h6-7,9,18H,5,13H2,1-4H3,(H,15,17). The lowest BCUT2D eigenvalue weighted by atomic mass is 9.88. The zero-order valence-electron chi connectivity index (χ0n) is 11.3. The zero-order chi connectivity index (χ0) is 13.9. The number of nitrogens with two attached hydrogens (primary N) is 1. The maximum Gasteiger partial charge on any atom is 0.414 e. The summed E-state index contributed by atoms with van der Waals surface area (Å²) in [6.45, 7) is 7.34. The predicted molar refractivity (Wildman–Crippen MR) is 71.0 cm³/mol. The molecule has 0 saturated carbocycles. The summed E-state index contributed by atoms with van der Waals surface area (Å²) in [5, 5.41) is 12.2. The molecule has 0 spiro atoms. The summed E-state index contributed by atoms with van der Waals surface area (Å²) in [4.78, 5) is 15.9. The fraction of sp³-hybridized carbons (Fsp3) is 0.636. The molecule has 0 aliphatic heterocycles. The molecular weight excluding hydrogens is 231 g/mol. The Labute approximate surface area is 108 Å². The van der Waals surface area contributed by atoms with Gasteiger partial charge in [-0.3, -0.25) is 4.79 Å². The first-order chi connectivity index (χ1) is 8.19. The number of nitrogens with one attached hydrogen (secondary N) is 1. The smallest absolute Gasteiger partial charge is 0.414 e. The summed E-state index contributed by atoms with van der Waals surface area (Å²) in [5.41, 5.74) is 6.21. The van der Waals surface area contributed by atoms with E-state index in [0.29, 0.717) is 12.1 Å². The van der Waals surface area contributed by atoms with Crippen molar-refractivity contribution < 1.29 is 9.82 Å². The summed E-state index contributed by atoms with van der Waals surface area (Å²) in [7, 11) is -0.633. The maximum absolute atomic E-state index is 11.8. The van der Waals surface area contributed by atoms with Crippen LogP contribution in [0.15, 0.2) is 12.5 Å². The van der Waals surface area contributed by atoms with Crippen LogP contribution in [0.25, 0.3) is 0 Å². The SMILES string of the molecule is CB(O)n1cnc(CC(N)C(=O)NC(C)(C)C)c1. The van der Waals surface area contributed by atoms with Crippen LogP contribution in [0.5, 0.6) is 0 Å². The Morgan fingerprint density at radius 2 is 2.28 bits per heavy atom. The molecule has 0 aliphatic carbocycles. The van der Waals surface area contributed by atoms with Gasteiger partial charge in [-0.1, -0.05) is 0 Å². The highest BCUT2D eigenvalue weighted by Crippen LogP contribution is 2.03. The lowest BCUT2D eigenvalue weighted by molar-refractivity contribution is -0.123. The number of rotatable bonds is 4. The van der Waals surface area contributed by atoms with Crippen LogP contribution in [-0.2, 0) is 11.2 Å². The Hall–Kier alpha value is -1.34. The number of carbonyl (C=O) groups excluding carboxylic acids is 1. The molecule has 1 unspecified atom stereocenters. The number of amides is 1. The highest BCUT2D eigenvalue weighted by atomic mass is 16.2. The third kappa shape index (κ3) is 4.50. The number of imidazole rings is 1. The van der Waals surface area contributed by atoms with Crippen LogP contribution in [0, 0.1) is 0 Å². The first-order valence-corrected chi connectivity index (χ1v) is 5.97. The summed E-state index contributed by atoms with van der Waals surface area (Å²) >= 11 is 0. The van der Waals surface area contributed by atoms with Gasteiger partial charge in [0.15, 0.2) is 0 Å². The van der Waals surface area contributed by atoms with Crippen molar-refractivity contribution in [2.75, 3.05) is 0 Å². The van der Waals surface area contributed by atoms with Gasteiger partial charge >= 0.3 is 7.05 Å². The molecule has 1 heterocycles. The summed E-state index contributed by atoms with van der Waals surface area (Å²) in [6, 6.07) is -0.637. The topological polar surface area (TPSA) is 93.2 Å². The van der Waals surface area contributed by atoms with E-state index in [1.165, 1.54) is 6.33 Å². The quantitative estimate of drug-likeness (QED) is 0.637. The second-order valence-corrected chi connectivity index (χ2v) is 5.49. The Morgan fingerprint density at radius 3 is 2.72 bits per heavy atom. The van der Waals surface area contributed by atoms with Gasteiger partial charge in [-0.15, -0.1) is 0 Å². The van der Waals surface area contributed by atoms with Gasteiger partial charge in [-0.05, 0) is 27.6 Å². The number of hydrogen-bond donors (Lipinski definition) is 3. The number of nitrogens with zero attached hydrogens (tertiary/aromatic N) is 2. The van der Waals surface area contributed by atoms with Crippen LogP contribution in [0.2, 0.25) is 6.82 Å². The highest BCUT2D eigenvalue weighted by molar-refractivity contribution is 6.46. The van der Waals surface area contributed by atoms with Crippen LogP contribution in [0.4, 0.5) is 0 Å². The molecule has 7 heteroatoms. The Balaban J connectivity index is 2.58. The van der Waals surface area contributed by atoms with E-state index in [0.717, 1.165) is 0 Å². The van der Waals surface area contributed by atoms with E-state index in [1.54, 1.807) is 17.5 Å². The van der Waals surface area contributed by atoms with Gasteiger partial charge in [0.25, 0.3) is 0 Å². The molecule has 1 rings (SSSR count). The van der Waals surface area contributed by atoms with Crippen LogP contribution in [0.3, 0.4) is 0 Å². The first-order valence-electron chi connectivity index (χ1n) is 5.97. The minimum absolute atomic E-state index is 0.200. The van der Waals surface area contributed by atoms with E-state index in [9.17, 15) is 9.82 Å². The molecule has 4 N–H and O–H groups in total. The summed E-state index contributed by atoms with van der Waals surface area (Å²) < 4.78 is 1.56. The van der Waals surface area contributed by atoms with Gasteiger partial charge in [-0.2, -0.15) is 0 Å². The number of hydrogen-bond acceptors (Lipinski definition) is 4. The highest BCUT2D eigenvalue weighted by Gasteiger charge is 2.21. The molecular formula is C11H21BN4O2. The largest absolute Gasteiger partial charge is 0.432 e. The average Bonchev–Trinajstić information content (AvgIpc) is 2.63. The molecule has 1 amide bonds. The average molecular weight is 252 g/mol. The van der Waals surface area contributed by atoms with Crippen LogP contribution >= 0.6 is 0 Å². The summed E-state index contributed by atoms with van der Waals surface area (Å²) in [5.74, 6) is -0.200. The maximum atomic E-state index is 11.8. The van der Waals surface area contributed by atoms with Crippen molar-refractivity contribution in [3.63, 3.8) is 0 Å². The normalized spacial score (nSPS) is 13.2. The second-order valence-electron chi connectivity index (χ2n) is 5.49. The van der Waals surface area contributed by atoms with Gasteiger partial charge in [0, 0.05) is 18.2 Å². The van der Waals surface area contributed by atoms with E-state index in [4.69, 9.17) is 5.73 Å². The fourth-order valence-corrected chi connectivity index (χ4v) is 1.47. The van der Waals surface area contributed by atoms with Gasteiger partial charge in [0.2, 0.25) is 5.91 Å². The molecule has 0 fully saturated rings. The van der Waals surface area contributed by atoms with Crippen molar-refractivity contribution >= 4 is 13.0 Å². The molecule has 1 atom stereocenters. The first kappa shape index (κ1) is 14.7. The monoisotopic (exact) mass is 252 g/mol. The molecule has 100 valence electrons. The van der Waals surface area contributed by atoms with Gasteiger partial charge in [0.05, 0.1) is 18.1 Å². The van der Waals surface area contributed by atoms with E-state index in [2.05, 4.69) is 10.3 Å². The third-order valence-electron chi connectivity index (χ3n) is 2.35. The third-order valence-corrected chi connectivity index (χ3v) is 2.35. The van der Waals surface area contributed by atoms with Gasteiger partial charge < -0.3 is 20.6 Å². The van der Waals surface area contributed by atoms with Crippen molar-refractivity contribution in [1.82, 2.24) is 14.8 Å². The lowest BCUT2D eigenvalue weighted by Crippen LogP contribution is -2.49. The molecule has 0 aliphatic rings. The molecule has 1 aromatic rings. The van der Waals surface area contributed by atoms with Gasteiger partial charge in [-0.25, -0.2) is 4.98 Å². The van der Waals surface area contributed by atoms with E-state index < -0.39 is 13.1 Å². The minimum atomic E-state index is -0.637. The minimum Gasteiger partial charge on any atom is -0.432 e. The Bertz CT molecular complexity index is 411. The fourth-order valence-electron chi connectivity index (χ4n) is 1.47. The van der Waals surface area contributed by atoms with Crippen LogP contribution < -0.4 is 11.1 Å². The molecule has 0 bridgehead atoms. The molecule has 0 saturated heterocycles. The lowest BCUT2D eigenvalue weighted by Gasteiger charge is -2.22. The Kier molecular flexibility index (Phi) is 4.53. The predicted octanol–water partition coefficient (Wildman–Crippen LogP) is -0.374. The van der Waals surface area contributed by atoms with Crippen LogP contribution in [0.1, 0.15) is 26.5 Å².